The van der Waals surface area contributed by atoms with E-state index in [9.17, 15) is 4.39 Å². The number of rotatable bonds is 2. The molecule has 102 valence electrons. The highest BCUT2D eigenvalue weighted by Crippen LogP contribution is 2.27. The summed E-state index contributed by atoms with van der Waals surface area (Å²) in [6.07, 6.45) is 0.921. The number of nitrogens with one attached hydrogen (secondary N) is 1. The number of halogens is 1. The SMILES string of the molecule is N=C(N)c1ccc(N2CCc3ccccc3C2)c(F)c1. The summed E-state index contributed by atoms with van der Waals surface area (Å²) in [5.41, 5.74) is 8.95. The highest BCUT2D eigenvalue weighted by atomic mass is 19.1. The standard InChI is InChI=1S/C16H16FN3/c17-14-9-12(16(18)19)5-6-15(14)20-8-7-11-3-1-2-4-13(11)10-20/h1-6,9H,7-8,10H2,(H3,18,19). The smallest absolute Gasteiger partial charge is 0.147 e. The van der Waals surface area contributed by atoms with Crippen molar-refractivity contribution in [1.82, 2.24) is 0 Å². The third kappa shape index (κ3) is 2.25. The average Bonchev–Trinajstić information content (AvgIpc) is 2.46. The molecule has 0 bridgehead atoms. The summed E-state index contributed by atoms with van der Waals surface area (Å²) in [5, 5.41) is 7.34. The zero-order chi connectivity index (χ0) is 14.1. The molecule has 1 aliphatic heterocycles. The molecule has 0 aliphatic carbocycles. The van der Waals surface area contributed by atoms with Gasteiger partial charge in [0, 0.05) is 18.7 Å². The van der Waals surface area contributed by atoms with Gasteiger partial charge in [-0.2, -0.15) is 0 Å². The van der Waals surface area contributed by atoms with Crippen molar-refractivity contribution in [1.29, 1.82) is 5.41 Å². The molecule has 0 radical (unpaired) electrons. The highest BCUT2D eigenvalue weighted by molar-refractivity contribution is 5.95. The number of anilines is 1. The number of benzene rings is 2. The summed E-state index contributed by atoms with van der Waals surface area (Å²) < 4.78 is 14.2. The zero-order valence-electron chi connectivity index (χ0n) is 11.1. The monoisotopic (exact) mass is 269 g/mol. The van der Waals surface area contributed by atoms with Crippen molar-refractivity contribution in [3.63, 3.8) is 0 Å². The number of hydrogen-bond acceptors (Lipinski definition) is 2. The van der Waals surface area contributed by atoms with Crippen LogP contribution in [0.25, 0.3) is 0 Å². The fourth-order valence-corrected chi connectivity index (χ4v) is 2.63. The third-order valence-corrected chi connectivity index (χ3v) is 3.73. The van der Waals surface area contributed by atoms with Crippen molar-refractivity contribution in [3.8, 4) is 0 Å². The summed E-state index contributed by atoms with van der Waals surface area (Å²) in [5.74, 6) is -0.434. The van der Waals surface area contributed by atoms with Gasteiger partial charge in [0.15, 0.2) is 0 Å². The molecule has 0 saturated carbocycles. The second-order valence-electron chi connectivity index (χ2n) is 5.02. The second-order valence-corrected chi connectivity index (χ2v) is 5.02. The fraction of sp³-hybridized carbons (Fsp3) is 0.188. The lowest BCUT2D eigenvalue weighted by atomic mass is 9.99. The maximum absolute atomic E-state index is 14.2. The lowest BCUT2D eigenvalue weighted by molar-refractivity contribution is 0.610. The molecular formula is C16H16FN3. The van der Waals surface area contributed by atoms with Gasteiger partial charge in [-0.1, -0.05) is 24.3 Å². The van der Waals surface area contributed by atoms with Crippen molar-refractivity contribution in [2.75, 3.05) is 11.4 Å². The Hall–Kier alpha value is -2.36. The third-order valence-electron chi connectivity index (χ3n) is 3.73. The summed E-state index contributed by atoms with van der Waals surface area (Å²) in [4.78, 5) is 2.03. The molecule has 3 rings (SSSR count). The normalized spacial score (nSPS) is 13.9. The molecule has 1 aliphatic rings. The van der Waals surface area contributed by atoms with Crippen molar-refractivity contribution >= 4 is 11.5 Å². The van der Waals surface area contributed by atoms with Crippen LogP contribution < -0.4 is 10.6 Å². The first-order chi connectivity index (χ1) is 9.65. The Kier molecular flexibility index (Phi) is 3.14. The van der Waals surface area contributed by atoms with Crippen LogP contribution in [0.2, 0.25) is 0 Å². The molecule has 1 heterocycles. The van der Waals surface area contributed by atoms with E-state index in [2.05, 4.69) is 12.1 Å². The summed E-state index contributed by atoms with van der Waals surface area (Å²) in [6.45, 7) is 1.51. The van der Waals surface area contributed by atoms with Gasteiger partial charge in [-0.15, -0.1) is 0 Å². The van der Waals surface area contributed by atoms with Crippen molar-refractivity contribution in [3.05, 3.63) is 65.0 Å². The highest BCUT2D eigenvalue weighted by Gasteiger charge is 2.18. The minimum absolute atomic E-state index is 0.112. The lowest BCUT2D eigenvalue weighted by Gasteiger charge is -2.31. The van der Waals surface area contributed by atoms with E-state index in [1.165, 1.54) is 17.2 Å². The maximum atomic E-state index is 14.2. The van der Waals surface area contributed by atoms with Gasteiger partial charge in [0.2, 0.25) is 0 Å². The average molecular weight is 269 g/mol. The minimum atomic E-state index is -0.322. The summed E-state index contributed by atoms with van der Waals surface area (Å²) in [7, 11) is 0. The molecule has 2 aromatic carbocycles. The predicted molar refractivity (Wildman–Crippen MR) is 78.6 cm³/mol. The van der Waals surface area contributed by atoms with Crippen LogP contribution >= 0.6 is 0 Å². The minimum Gasteiger partial charge on any atom is -0.384 e. The molecule has 0 aromatic heterocycles. The first-order valence-corrected chi connectivity index (χ1v) is 6.61. The van der Waals surface area contributed by atoms with Crippen LogP contribution in [0.3, 0.4) is 0 Å². The van der Waals surface area contributed by atoms with E-state index >= 15 is 0 Å². The Morgan fingerprint density at radius 2 is 1.90 bits per heavy atom. The van der Waals surface area contributed by atoms with E-state index in [-0.39, 0.29) is 11.7 Å². The van der Waals surface area contributed by atoms with E-state index in [0.717, 1.165) is 13.0 Å². The van der Waals surface area contributed by atoms with Crippen LogP contribution in [-0.2, 0) is 13.0 Å². The van der Waals surface area contributed by atoms with Crippen molar-refractivity contribution < 1.29 is 4.39 Å². The lowest BCUT2D eigenvalue weighted by Crippen LogP contribution is -2.31. The van der Waals surface area contributed by atoms with Gasteiger partial charge in [-0.3, -0.25) is 5.41 Å². The van der Waals surface area contributed by atoms with E-state index in [1.54, 1.807) is 12.1 Å². The molecule has 2 aromatic rings. The first-order valence-electron chi connectivity index (χ1n) is 6.61. The van der Waals surface area contributed by atoms with Crippen LogP contribution in [0.4, 0.5) is 10.1 Å². The molecule has 0 saturated heterocycles. The van der Waals surface area contributed by atoms with Gasteiger partial charge < -0.3 is 10.6 Å². The molecule has 0 amide bonds. The topological polar surface area (TPSA) is 53.1 Å². The second kappa shape index (κ2) is 4.96. The van der Waals surface area contributed by atoms with Crippen LogP contribution in [0, 0.1) is 11.2 Å². The molecule has 4 heteroatoms. The largest absolute Gasteiger partial charge is 0.384 e. The summed E-state index contributed by atoms with van der Waals surface area (Å²) >= 11 is 0. The number of nitrogens with zero attached hydrogens (tertiary/aromatic N) is 1. The number of fused-ring (bicyclic) bond motifs is 1. The Labute approximate surface area is 117 Å². The zero-order valence-corrected chi connectivity index (χ0v) is 11.1. The van der Waals surface area contributed by atoms with E-state index in [1.807, 2.05) is 17.0 Å². The fourth-order valence-electron chi connectivity index (χ4n) is 2.63. The molecule has 20 heavy (non-hydrogen) atoms. The van der Waals surface area contributed by atoms with E-state index < -0.39 is 0 Å². The van der Waals surface area contributed by atoms with Crippen molar-refractivity contribution in [2.45, 2.75) is 13.0 Å². The number of hydrogen-bond donors (Lipinski definition) is 2. The van der Waals surface area contributed by atoms with Gasteiger partial charge >= 0.3 is 0 Å². The van der Waals surface area contributed by atoms with Gasteiger partial charge in [0.05, 0.1) is 5.69 Å². The quantitative estimate of drug-likeness (QED) is 0.650. The summed E-state index contributed by atoms with van der Waals surface area (Å²) in [6, 6.07) is 13.0. The Balaban J connectivity index is 1.90. The first kappa shape index (κ1) is 12.7. The van der Waals surface area contributed by atoms with Gasteiger partial charge in [0.25, 0.3) is 0 Å². The molecule has 0 atom stereocenters. The predicted octanol–water partition coefficient (Wildman–Crippen LogP) is 2.67. The van der Waals surface area contributed by atoms with E-state index in [0.29, 0.717) is 17.8 Å². The van der Waals surface area contributed by atoms with Crippen LogP contribution in [-0.4, -0.2) is 12.4 Å². The molecule has 0 unspecified atom stereocenters. The molecule has 0 spiro atoms. The van der Waals surface area contributed by atoms with Crippen LogP contribution in [0.15, 0.2) is 42.5 Å². The number of amidine groups is 1. The van der Waals surface area contributed by atoms with Crippen LogP contribution in [0.5, 0.6) is 0 Å². The molecular weight excluding hydrogens is 253 g/mol. The van der Waals surface area contributed by atoms with Crippen molar-refractivity contribution in [2.24, 2.45) is 5.73 Å². The number of nitrogen functional groups attached to an aromatic ring is 1. The van der Waals surface area contributed by atoms with E-state index in [4.69, 9.17) is 11.1 Å². The van der Waals surface area contributed by atoms with Gasteiger partial charge in [0.1, 0.15) is 11.7 Å². The maximum Gasteiger partial charge on any atom is 0.147 e. The molecule has 3 nitrogen and oxygen atoms in total. The molecule has 3 N–H and O–H groups in total. The van der Waals surface area contributed by atoms with Gasteiger partial charge in [-0.25, -0.2) is 4.39 Å². The number of nitrogens with two attached hydrogens (primary N) is 1. The Bertz CT molecular complexity index is 667. The Morgan fingerprint density at radius 3 is 2.60 bits per heavy atom. The molecule has 0 fully saturated rings. The Morgan fingerprint density at radius 1 is 1.15 bits per heavy atom. The van der Waals surface area contributed by atoms with Gasteiger partial charge in [-0.05, 0) is 35.7 Å². The van der Waals surface area contributed by atoms with Crippen LogP contribution in [0.1, 0.15) is 16.7 Å².